The molecule has 0 fully saturated rings. The Hall–Kier alpha value is -1.33. The minimum absolute atomic E-state index is 0.256. The normalized spacial score (nSPS) is 12.4. The molecule has 0 saturated heterocycles. The van der Waals surface area contributed by atoms with Crippen molar-refractivity contribution in [3.05, 3.63) is 58.3 Å². The molecule has 0 spiro atoms. The van der Waals surface area contributed by atoms with Gasteiger partial charge < -0.3 is 5.32 Å². The van der Waals surface area contributed by atoms with E-state index in [-0.39, 0.29) is 11.9 Å². The van der Waals surface area contributed by atoms with Gasteiger partial charge in [0.25, 0.3) is 0 Å². The first kappa shape index (κ1) is 12.1. The van der Waals surface area contributed by atoms with Gasteiger partial charge in [-0.15, -0.1) is 0 Å². The largest absolute Gasteiger partial charge is 0.309 e. The first-order valence-electron chi connectivity index (χ1n) is 5.10. The molecular formula is C12H11BrFN3. The van der Waals surface area contributed by atoms with Crippen molar-refractivity contribution in [3.63, 3.8) is 0 Å². The molecule has 3 nitrogen and oxygen atoms in total. The van der Waals surface area contributed by atoms with Crippen LogP contribution in [0.15, 0.2) is 41.4 Å². The van der Waals surface area contributed by atoms with Crippen molar-refractivity contribution in [1.29, 1.82) is 0 Å². The van der Waals surface area contributed by atoms with Crippen LogP contribution >= 0.6 is 15.9 Å². The van der Waals surface area contributed by atoms with Crippen molar-refractivity contribution in [3.8, 4) is 0 Å². The summed E-state index contributed by atoms with van der Waals surface area (Å²) in [6.45, 7) is 0. The standard InChI is InChI=1S/C12H11BrFN3/c1-15-12(8-5-16-7-17-6-8)9-3-2-4-10(13)11(9)14/h2-7,12,15H,1H3. The quantitative estimate of drug-likeness (QED) is 0.946. The molecule has 2 rings (SSSR count). The van der Waals surface area contributed by atoms with Gasteiger partial charge in [-0.1, -0.05) is 12.1 Å². The molecule has 1 unspecified atom stereocenters. The van der Waals surface area contributed by atoms with Crippen LogP contribution in [0.3, 0.4) is 0 Å². The lowest BCUT2D eigenvalue weighted by Gasteiger charge is -2.17. The number of rotatable bonds is 3. The van der Waals surface area contributed by atoms with Gasteiger partial charge in [0, 0.05) is 23.5 Å². The molecule has 1 aromatic heterocycles. The predicted octanol–water partition coefficient (Wildman–Crippen LogP) is 2.69. The number of hydrogen-bond acceptors (Lipinski definition) is 3. The lowest BCUT2D eigenvalue weighted by Crippen LogP contribution is -2.19. The van der Waals surface area contributed by atoms with Gasteiger partial charge in [0.2, 0.25) is 0 Å². The molecule has 88 valence electrons. The van der Waals surface area contributed by atoms with E-state index < -0.39 is 0 Å². The Kier molecular flexibility index (Phi) is 3.81. The highest BCUT2D eigenvalue weighted by Gasteiger charge is 2.17. The second kappa shape index (κ2) is 5.33. The number of aromatic nitrogens is 2. The van der Waals surface area contributed by atoms with Gasteiger partial charge >= 0.3 is 0 Å². The average Bonchev–Trinajstić information content (AvgIpc) is 2.37. The smallest absolute Gasteiger partial charge is 0.142 e. The summed E-state index contributed by atoms with van der Waals surface area (Å²) in [7, 11) is 1.78. The highest BCUT2D eigenvalue weighted by Crippen LogP contribution is 2.27. The fraction of sp³-hybridized carbons (Fsp3) is 0.167. The summed E-state index contributed by atoms with van der Waals surface area (Å²) in [5.74, 6) is -0.268. The SMILES string of the molecule is CNC(c1cncnc1)c1cccc(Br)c1F. The summed E-state index contributed by atoms with van der Waals surface area (Å²) < 4.78 is 14.4. The molecule has 5 heteroatoms. The summed E-state index contributed by atoms with van der Waals surface area (Å²) in [6.07, 6.45) is 4.80. The van der Waals surface area contributed by atoms with E-state index in [1.165, 1.54) is 6.33 Å². The van der Waals surface area contributed by atoms with Gasteiger partial charge in [-0.2, -0.15) is 0 Å². The van der Waals surface area contributed by atoms with Gasteiger partial charge in [0.05, 0.1) is 10.5 Å². The van der Waals surface area contributed by atoms with Crippen LogP contribution in [-0.4, -0.2) is 17.0 Å². The van der Waals surface area contributed by atoms with E-state index in [2.05, 4.69) is 31.2 Å². The van der Waals surface area contributed by atoms with Gasteiger partial charge in [-0.05, 0) is 29.0 Å². The zero-order valence-corrected chi connectivity index (χ0v) is 10.8. The van der Waals surface area contributed by atoms with Crippen LogP contribution in [0.2, 0.25) is 0 Å². The van der Waals surface area contributed by atoms with E-state index in [1.54, 1.807) is 37.6 Å². The third-order valence-electron chi connectivity index (χ3n) is 2.50. The fourth-order valence-corrected chi connectivity index (χ4v) is 2.09. The Bertz CT molecular complexity index is 504. The third-order valence-corrected chi connectivity index (χ3v) is 3.11. The van der Waals surface area contributed by atoms with Crippen molar-refractivity contribution in [2.45, 2.75) is 6.04 Å². The van der Waals surface area contributed by atoms with E-state index in [0.29, 0.717) is 10.0 Å². The fourth-order valence-electron chi connectivity index (χ4n) is 1.70. The second-order valence-corrected chi connectivity index (χ2v) is 4.39. The molecule has 1 atom stereocenters. The monoisotopic (exact) mass is 295 g/mol. The van der Waals surface area contributed by atoms with Crippen molar-refractivity contribution < 1.29 is 4.39 Å². The number of benzene rings is 1. The highest BCUT2D eigenvalue weighted by molar-refractivity contribution is 9.10. The van der Waals surface area contributed by atoms with Gasteiger partial charge in [-0.25, -0.2) is 14.4 Å². The number of hydrogen-bond donors (Lipinski definition) is 1. The Labute approximate surface area is 107 Å². The molecule has 0 aliphatic carbocycles. The molecule has 0 saturated carbocycles. The highest BCUT2D eigenvalue weighted by atomic mass is 79.9. The summed E-state index contributed by atoms with van der Waals surface area (Å²) in [5.41, 5.74) is 1.39. The summed E-state index contributed by atoms with van der Waals surface area (Å²) in [4.78, 5) is 7.89. The van der Waals surface area contributed by atoms with Crippen molar-refractivity contribution in [2.24, 2.45) is 0 Å². The maximum atomic E-state index is 14.0. The third kappa shape index (κ3) is 2.50. The maximum Gasteiger partial charge on any atom is 0.142 e. The molecule has 17 heavy (non-hydrogen) atoms. The van der Waals surface area contributed by atoms with E-state index >= 15 is 0 Å². The van der Waals surface area contributed by atoms with Crippen molar-refractivity contribution >= 4 is 15.9 Å². The second-order valence-electron chi connectivity index (χ2n) is 3.54. The van der Waals surface area contributed by atoms with Gasteiger partial charge in [0.1, 0.15) is 12.1 Å². The molecule has 0 aliphatic heterocycles. The zero-order valence-electron chi connectivity index (χ0n) is 9.19. The maximum absolute atomic E-state index is 14.0. The van der Waals surface area contributed by atoms with E-state index in [0.717, 1.165) is 5.56 Å². The molecule has 1 aromatic carbocycles. The van der Waals surface area contributed by atoms with Crippen LogP contribution in [0.1, 0.15) is 17.2 Å². The van der Waals surface area contributed by atoms with E-state index in [1.807, 2.05) is 0 Å². The molecule has 0 bridgehead atoms. The average molecular weight is 296 g/mol. The van der Waals surface area contributed by atoms with E-state index in [4.69, 9.17) is 0 Å². The van der Waals surface area contributed by atoms with Gasteiger partial charge in [0.15, 0.2) is 0 Å². The summed E-state index contributed by atoms with van der Waals surface area (Å²) >= 11 is 3.18. The zero-order chi connectivity index (χ0) is 12.3. The van der Waals surface area contributed by atoms with Crippen molar-refractivity contribution in [1.82, 2.24) is 15.3 Å². The molecule has 0 radical (unpaired) electrons. The van der Waals surface area contributed by atoms with Crippen LogP contribution in [0, 0.1) is 5.82 Å². The molecule has 2 aromatic rings. The minimum atomic E-state index is -0.268. The molecule has 1 N–H and O–H groups in total. The Morgan fingerprint density at radius 2 is 2.00 bits per heavy atom. The number of nitrogens with one attached hydrogen (secondary N) is 1. The number of halogens is 2. The first-order valence-corrected chi connectivity index (χ1v) is 5.89. The Morgan fingerprint density at radius 3 is 2.65 bits per heavy atom. The lowest BCUT2D eigenvalue weighted by atomic mass is 10.0. The van der Waals surface area contributed by atoms with Crippen LogP contribution in [0.25, 0.3) is 0 Å². The Balaban J connectivity index is 2.46. The summed E-state index contributed by atoms with van der Waals surface area (Å²) in [5, 5.41) is 3.06. The van der Waals surface area contributed by atoms with Crippen LogP contribution in [0.4, 0.5) is 4.39 Å². The van der Waals surface area contributed by atoms with Crippen LogP contribution in [-0.2, 0) is 0 Å². The molecular weight excluding hydrogens is 285 g/mol. The summed E-state index contributed by atoms with van der Waals surface area (Å²) in [6, 6.07) is 4.96. The van der Waals surface area contributed by atoms with Crippen LogP contribution in [0.5, 0.6) is 0 Å². The van der Waals surface area contributed by atoms with Crippen molar-refractivity contribution in [2.75, 3.05) is 7.05 Å². The molecule has 0 aliphatic rings. The minimum Gasteiger partial charge on any atom is -0.309 e. The van der Waals surface area contributed by atoms with E-state index in [9.17, 15) is 4.39 Å². The first-order chi connectivity index (χ1) is 8.24. The van der Waals surface area contributed by atoms with Crippen LogP contribution < -0.4 is 5.32 Å². The number of nitrogens with zero attached hydrogens (tertiary/aromatic N) is 2. The molecule has 0 amide bonds. The van der Waals surface area contributed by atoms with Gasteiger partial charge in [-0.3, -0.25) is 0 Å². The Morgan fingerprint density at radius 1 is 1.29 bits per heavy atom. The lowest BCUT2D eigenvalue weighted by molar-refractivity contribution is 0.569. The topological polar surface area (TPSA) is 37.8 Å². The predicted molar refractivity (Wildman–Crippen MR) is 67.0 cm³/mol. The molecule has 1 heterocycles.